The molecule has 1 aromatic carbocycles. The Bertz CT molecular complexity index is 1010. The molecular formula is C19H24N4O8S. The van der Waals surface area contributed by atoms with Crippen LogP contribution >= 0.6 is 0 Å². The number of sulfonamides is 1. The number of esters is 1. The average Bonchev–Trinajstić information content (AvgIpc) is 2.77. The van der Waals surface area contributed by atoms with Gasteiger partial charge in [-0.05, 0) is 24.3 Å². The normalized spacial score (nSPS) is 10.8. The van der Waals surface area contributed by atoms with E-state index in [-0.39, 0.29) is 48.7 Å². The second kappa shape index (κ2) is 11.8. The summed E-state index contributed by atoms with van der Waals surface area (Å²) in [6.45, 7) is 0.399. The number of ether oxygens (including phenoxy) is 4. The van der Waals surface area contributed by atoms with Crippen LogP contribution in [0.1, 0.15) is 12.8 Å². The Morgan fingerprint density at radius 3 is 2.31 bits per heavy atom. The van der Waals surface area contributed by atoms with Gasteiger partial charge in [0.2, 0.25) is 11.8 Å². The highest BCUT2D eigenvalue weighted by Crippen LogP contribution is 2.21. The summed E-state index contributed by atoms with van der Waals surface area (Å²) in [4.78, 5) is 31.2. The first kappa shape index (κ1) is 24.8. The van der Waals surface area contributed by atoms with Gasteiger partial charge in [0.15, 0.2) is 5.82 Å². The van der Waals surface area contributed by atoms with E-state index in [4.69, 9.17) is 18.9 Å². The van der Waals surface area contributed by atoms with E-state index in [0.717, 1.165) is 0 Å². The average molecular weight is 468 g/mol. The Morgan fingerprint density at radius 1 is 0.969 bits per heavy atom. The number of carbonyl (C=O) groups excluding carboxylic acids is 2. The summed E-state index contributed by atoms with van der Waals surface area (Å²) in [5, 5.41) is 2.58. The molecule has 12 nitrogen and oxygen atoms in total. The minimum absolute atomic E-state index is 0.0385. The summed E-state index contributed by atoms with van der Waals surface area (Å²) in [7, 11) is 0.218. The number of benzene rings is 1. The highest BCUT2D eigenvalue weighted by molar-refractivity contribution is 7.92. The van der Waals surface area contributed by atoms with Crippen LogP contribution in [0.25, 0.3) is 0 Å². The molecule has 1 amide bonds. The Morgan fingerprint density at radius 2 is 1.69 bits per heavy atom. The first-order chi connectivity index (χ1) is 15.3. The fourth-order valence-corrected chi connectivity index (χ4v) is 3.31. The topological polar surface area (TPSA) is 155 Å². The second-order valence-electron chi connectivity index (χ2n) is 6.17. The molecule has 2 aromatic rings. The number of carbonyl (C=O) groups is 2. The second-order valence-corrected chi connectivity index (χ2v) is 7.86. The van der Waals surface area contributed by atoms with Gasteiger partial charge in [-0.3, -0.25) is 14.3 Å². The van der Waals surface area contributed by atoms with E-state index in [1.165, 1.54) is 51.7 Å². The molecule has 0 radical (unpaired) electrons. The van der Waals surface area contributed by atoms with Crippen molar-refractivity contribution in [3.05, 3.63) is 30.3 Å². The van der Waals surface area contributed by atoms with Crippen molar-refractivity contribution in [3.8, 4) is 11.9 Å². The molecule has 0 spiro atoms. The highest BCUT2D eigenvalue weighted by Gasteiger charge is 2.17. The third-order valence-corrected chi connectivity index (χ3v) is 5.24. The summed E-state index contributed by atoms with van der Waals surface area (Å²) in [5.74, 6) is -0.844. The van der Waals surface area contributed by atoms with Gasteiger partial charge in [0.1, 0.15) is 6.61 Å². The monoisotopic (exact) mass is 468 g/mol. The van der Waals surface area contributed by atoms with Crippen LogP contribution < -0.4 is 19.5 Å². The molecule has 2 rings (SSSR count). The number of nitrogens with one attached hydrogen (secondary N) is 2. The van der Waals surface area contributed by atoms with Gasteiger partial charge in [-0.2, -0.15) is 9.97 Å². The van der Waals surface area contributed by atoms with Crippen molar-refractivity contribution in [1.29, 1.82) is 0 Å². The summed E-state index contributed by atoms with van der Waals surface area (Å²) < 4.78 is 47.1. The van der Waals surface area contributed by atoms with Gasteiger partial charge in [-0.25, -0.2) is 8.42 Å². The summed E-state index contributed by atoms with van der Waals surface area (Å²) in [6.07, 6.45) is -0.164. The van der Waals surface area contributed by atoms with Gasteiger partial charge in [0.25, 0.3) is 10.0 Å². The standard InChI is InChI=1S/C19H24N4O8S/c1-28-10-11-31-18(25)9-8-16(24)20-13-4-6-14(7-5-13)32(26,27)23-15-12-17(29-2)22-19(21-15)30-3/h4-7,12H,8-11H2,1-3H3,(H,20,24)(H,21,22,23). The Hall–Kier alpha value is -3.45. The number of hydrogen-bond donors (Lipinski definition) is 2. The third kappa shape index (κ3) is 7.67. The minimum Gasteiger partial charge on any atom is -0.481 e. The summed E-state index contributed by atoms with van der Waals surface area (Å²) in [5.41, 5.74) is 0.368. The third-order valence-electron chi connectivity index (χ3n) is 3.87. The zero-order valence-electron chi connectivity index (χ0n) is 17.8. The molecule has 32 heavy (non-hydrogen) atoms. The van der Waals surface area contributed by atoms with E-state index in [2.05, 4.69) is 20.0 Å². The zero-order chi connectivity index (χ0) is 23.6. The number of rotatable bonds is 12. The predicted molar refractivity (Wildman–Crippen MR) is 113 cm³/mol. The van der Waals surface area contributed by atoms with E-state index < -0.39 is 21.9 Å². The van der Waals surface area contributed by atoms with Gasteiger partial charge in [0.05, 0.1) is 32.1 Å². The Balaban J connectivity index is 1.96. The molecule has 0 atom stereocenters. The van der Waals surface area contributed by atoms with Crippen LogP contribution in [0.5, 0.6) is 11.9 Å². The first-order valence-corrected chi connectivity index (χ1v) is 10.8. The van der Waals surface area contributed by atoms with Crippen LogP contribution in [0.4, 0.5) is 11.5 Å². The van der Waals surface area contributed by atoms with Crippen LogP contribution in [0.3, 0.4) is 0 Å². The fraction of sp³-hybridized carbons (Fsp3) is 0.368. The molecule has 0 aliphatic carbocycles. The molecule has 0 fully saturated rings. The van der Waals surface area contributed by atoms with E-state index in [1.807, 2.05) is 0 Å². The maximum absolute atomic E-state index is 12.6. The van der Waals surface area contributed by atoms with E-state index in [9.17, 15) is 18.0 Å². The molecule has 0 saturated heterocycles. The lowest BCUT2D eigenvalue weighted by Crippen LogP contribution is -2.16. The number of amides is 1. The summed E-state index contributed by atoms with van der Waals surface area (Å²) >= 11 is 0. The van der Waals surface area contributed by atoms with Crippen molar-refractivity contribution >= 4 is 33.4 Å². The molecule has 13 heteroatoms. The van der Waals surface area contributed by atoms with Crippen LogP contribution in [0.2, 0.25) is 0 Å². The number of methoxy groups -OCH3 is 3. The van der Waals surface area contributed by atoms with Crippen LogP contribution in [-0.4, -0.2) is 64.8 Å². The quantitative estimate of drug-likeness (QED) is 0.343. The number of anilines is 2. The lowest BCUT2D eigenvalue weighted by molar-refractivity contribution is -0.145. The van der Waals surface area contributed by atoms with Gasteiger partial charge in [-0.1, -0.05) is 0 Å². The lowest BCUT2D eigenvalue weighted by Gasteiger charge is -2.10. The number of hydrogen-bond acceptors (Lipinski definition) is 10. The molecule has 1 aromatic heterocycles. The van der Waals surface area contributed by atoms with E-state index in [0.29, 0.717) is 5.69 Å². The van der Waals surface area contributed by atoms with E-state index in [1.54, 1.807) is 0 Å². The smallest absolute Gasteiger partial charge is 0.321 e. The van der Waals surface area contributed by atoms with Crippen molar-refractivity contribution in [1.82, 2.24) is 9.97 Å². The van der Waals surface area contributed by atoms with Crippen molar-refractivity contribution in [3.63, 3.8) is 0 Å². The van der Waals surface area contributed by atoms with E-state index >= 15 is 0 Å². The highest BCUT2D eigenvalue weighted by atomic mass is 32.2. The van der Waals surface area contributed by atoms with Crippen LogP contribution in [0.15, 0.2) is 35.2 Å². The van der Waals surface area contributed by atoms with Gasteiger partial charge >= 0.3 is 12.0 Å². The lowest BCUT2D eigenvalue weighted by atomic mass is 10.2. The molecule has 0 bridgehead atoms. The van der Waals surface area contributed by atoms with Crippen molar-refractivity contribution in [2.45, 2.75) is 17.7 Å². The van der Waals surface area contributed by atoms with Crippen molar-refractivity contribution in [2.24, 2.45) is 0 Å². The molecule has 0 saturated carbocycles. The van der Waals surface area contributed by atoms with Crippen LogP contribution in [-0.2, 0) is 29.1 Å². The molecule has 174 valence electrons. The Kier molecular flexibility index (Phi) is 9.16. The number of aromatic nitrogens is 2. The number of nitrogens with zero attached hydrogens (tertiary/aromatic N) is 2. The first-order valence-electron chi connectivity index (χ1n) is 9.31. The minimum atomic E-state index is -3.98. The molecular weight excluding hydrogens is 444 g/mol. The predicted octanol–water partition coefficient (Wildman–Crippen LogP) is 1.20. The molecule has 0 aliphatic rings. The van der Waals surface area contributed by atoms with Crippen molar-refractivity contribution in [2.75, 3.05) is 44.6 Å². The molecule has 2 N–H and O–H groups in total. The largest absolute Gasteiger partial charge is 0.481 e. The van der Waals surface area contributed by atoms with Gasteiger partial charge < -0.3 is 24.3 Å². The van der Waals surface area contributed by atoms with Crippen molar-refractivity contribution < 1.29 is 37.0 Å². The van der Waals surface area contributed by atoms with Crippen LogP contribution in [0, 0.1) is 0 Å². The Labute approximate surface area is 185 Å². The van der Waals surface area contributed by atoms with Gasteiger partial charge in [-0.15, -0.1) is 0 Å². The SMILES string of the molecule is COCCOC(=O)CCC(=O)Nc1ccc(S(=O)(=O)Nc2cc(OC)nc(OC)n2)cc1. The molecule has 0 aliphatic heterocycles. The zero-order valence-corrected chi connectivity index (χ0v) is 18.6. The molecule has 1 heterocycles. The molecule has 0 unspecified atom stereocenters. The fourth-order valence-electron chi connectivity index (χ4n) is 2.32. The summed E-state index contributed by atoms with van der Waals surface area (Å²) in [6, 6.07) is 6.70. The maximum atomic E-state index is 12.6. The van der Waals surface area contributed by atoms with Gasteiger partial charge in [0, 0.05) is 25.3 Å². The maximum Gasteiger partial charge on any atom is 0.321 e.